The summed E-state index contributed by atoms with van der Waals surface area (Å²) in [5.74, 6) is -2.08. The number of anilines is 1. The minimum atomic E-state index is -0.785. The minimum absolute atomic E-state index is 0.00000737. The smallest absolute Gasteiger partial charge is 0.374 e. The predicted molar refractivity (Wildman–Crippen MR) is 79.4 cm³/mol. The summed E-state index contributed by atoms with van der Waals surface area (Å²) in [7, 11) is 0. The van der Waals surface area contributed by atoms with Gasteiger partial charge in [-0.3, -0.25) is 4.79 Å². The van der Waals surface area contributed by atoms with Crippen molar-refractivity contribution in [2.45, 2.75) is 0 Å². The number of carbonyl (C=O) groups excluding carboxylic acids is 2. The highest BCUT2D eigenvalue weighted by atomic mass is 79.9. The third-order valence-electron chi connectivity index (χ3n) is 2.31. The molecule has 0 unspecified atom stereocenters. The second-order valence-corrected chi connectivity index (χ2v) is 5.55. The fourth-order valence-corrected chi connectivity index (χ4v) is 2.04. The van der Waals surface area contributed by atoms with Gasteiger partial charge in [0.1, 0.15) is 5.82 Å². The summed E-state index contributed by atoms with van der Waals surface area (Å²) in [6.07, 6.45) is 0. The van der Waals surface area contributed by atoms with Gasteiger partial charge in [0.25, 0.3) is 5.91 Å². The fraction of sp³-hybridized carbons (Fsp3) is 0.0769. The molecule has 21 heavy (non-hydrogen) atoms. The summed E-state index contributed by atoms with van der Waals surface area (Å²) in [5.41, 5.74) is -0.00000737. The van der Waals surface area contributed by atoms with Crippen LogP contribution in [-0.4, -0.2) is 18.5 Å². The number of esters is 1. The zero-order chi connectivity index (χ0) is 15.4. The number of halogens is 3. The Balaban J connectivity index is 1.89. The van der Waals surface area contributed by atoms with Crippen LogP contribution in [0.1, 0.15) is 10.6 Å². The van der Waals surface area contributed by atoms with Crippen LogP contribution >= 0.6 is 31.9 Å². The molecule has 1 N–H and O–H groups in total. The molecule has 2 aromatic rings. The summed E-state index contributed by atoms with van der Waals surface area (Å²) < 4.78 is 24.1. The van der Waals surface area contributed by atoms with Gasteiger partial charge >= 0.3 is 5.97 Å². The van der Waals surface area contributed by atoms with E-state index in [9.17, 15) is 14.0 Å². The molecule has 1 aromatic carbocycles. The van der Waals surface area contributed by atoms with Crippen LogP contribution in [0.3, 0.4) is 0 Å². The molecule has 1 amide bonds. The van der Waals surface area contributed by atoms with E-state index in [1.165, 1.54) is 24.3 Å². The number of carbonyl (C=O) groups is 2. The van der Waals surface area contributed by atoms with E-state index < -0.39 is 24.3 Å². The lowest BCUT2D eigenvalue weighted by atomic mass is 10.3. The van der Waals surface area contributed by atoms with E-state index in [0.29, 0.717) is 9.14 Å². The van der Waals surface area contributed by atoms with Crippen LogP contribution in [0.5, 0.6) is 0 Å². The molecule has 0 atom stereocenters. The molecule has 0 spiro atoms. The Morgan fingerprint density at radius 3 is 2.62 bits per heavy atom. The highest BCUT2D eigenvalue weighted by molar-refractivity contribution is 9.10. The van der Waals surface area contributed by atoms with Crippen molar-refractivity contribution in [1.29, 1.82) is 0 Å². The summed E-state index contributed by atoms with van der Waals surface area (Å²) >= 11 is 6.14. The van der Waals surface area contributed by atoms with E-state index in [-0.39, 0.29) is 11.4 Å². The van der Waals surface area contributed by atoms with Crippen molar-refractivity contribution >= 4 is 49.4 Å². The van der Waals surface area contributed by atoms with E-state index in [1.54, 1.807) is 6.07 Å². The van der Waals surface area contributed by atoms with Crippen LogP contribution in [0.2, 0.25) is 0 Å². The van der Waals surface area contributed by atoms with Crippen LogP contribution in [0, 0.1) is 5.82 Å². The predicted octanol–water partition coefficient (Wildman–Crippen LogP) is 3.74. The van der Waals surface area contributed by atoms with E-state index in [4.69, 9.17) is 9.15 Å². The summed E-state index contributed by atoms with van der Waals surface area (Å²) in [5, 5.41) is 2.30. The summed E-state index contributed by atoms with van der Waals surface area (Å²) in [6, 6.07) is 7.10. The number of nitrogens with one attached hydrogen (secondary N) is 1. The molecule has 0 bridgehead atoms. The Morgan fingerprint density at radius 2 is 2.00 bits per heavy atom. The summed E-state index contributed by atoms with van der Waals surface area (Å²) in [6.45, 7) is -0.549. The Labute approximate surface area is 135 Å². The minimum Gasteiger partial charge on any atom is -0.450 e. The van der Waals surface area contributed by atoms with Gasteiger partial charge < -0.3 is 14.5 Å². The fourth-order valence-electron chi connectivity index (χ4n) is 1.40. The van der Waals surface area contributed by atoms with E-state index in [0.717, 1.165) is 0 Å². The molecular weight excluding hydrogens is 413 g/mol. The first-order valence-electron chi connectivity index (χ1n) is 5.63. The van der Waals surface area contributed by atoms with E-state index in [1.807, 2.05) is 0 Å². The number of benzene rings is 1. The van der Waals surface area contributed by atoms with E-state index >= 15 is 0 Å². The average Bonchev–Trinajstić information content (AvgIpc) is 2.86. The highest BCUT2D eigenvalue weighted by Gasteiger charge is 2.15. The molecule has 1 heterocycles. The Morgan fingerprint density at radius 1 is 1.24 bits per heavy atom. The number of hydrogen-bond acceptors (Lipinski definition) is 4. The standard InChI is InChI=1S/C13H8Br2FNO4/c14-7-1-2-9(8(16)5-7)17-12(18)6-20-13(19)10-3-4-11(15)21-10/h1-5H,6H2,(H,17,18). The first-order chi connectivity index (χ1) is 9.95. The third kappa shape index (κ3) is 4.40. The van der Waals surface area contributed by atoms with E-state index in [2.05, 4.69) is 37.2 Å². The highest BCUT2D eigenvalue weighted by Crippen LogP contribution is 2.19. The Hall–Kier alpha value is -1.67. The quantitative estimate of drug-likeness (QED) is 0.765. The van der Waals surface area contributed by atoms with Crippen molar-refractivity contribution in [3.63, 3.8) is 0 Å². The maximum absolute atomic E-state index is 13.5. The molecule has 0 saturated heterocycles. The monoisotopic (exact) mass is 419 g/mol. The van der Waals surface area contributed by atoms with Crippen LogP contribution in [0.25, 0.3) is 0 Å². The van der Waals surface area contributed by atoms with Gasteiger partial charge in [0.2, 0.25) is 5.76 Å². The molecule has 0 saturated carbocycles. The number of hydrogen-bond donors (Lipinski definition) is 1. The van der Waals surface area contributed by atoms with Crippen molar-refractivity contribution in [2.24, 2.45) is 0 Å². The molecule has 0 fully saturated rings. The third-order valence-corrected chi connectivity index (χ3v) is 3.23. The van der Waals surface area contributed by atoms with Crippen molar-refractivity contribution in [3.8, 4) is 0 Å². The Kier molecular flexibility index (Phi) is 5.13. The lowest BCUT2D eigenvalue weighted by molar-refractivity contribution is -0.119. The molecule has 0 aliphatic carbocycles. The second-order valence-electron chi connectivity index (χ2n) is 3.85. The molecule has 0 aliphatic rings. The van der Waals surface area contributed by atoms with Gasteiger partial charge in [0.05, 0.1) is 5.69 Å². The first-order valence-corrected chi connectivity index (χ1v) is 7.21. The lowest BCUT2D eigenvalue weighted by Gasteiger charge is -2.07. The van der Waals surface area contributed by atoms with Crippen molar-refractivity contribution in [1.82, 2.24) is 0 Å². The molecule has 1 aromatic heterocycles. The molecule has 8 heteroatoms. The lowest BCUT2D eigenvalue weighted by Crippen LogP contribution is -2.21. The van der Waals surface area contributed by atoms with Gasteiger partial charge in [0.15, 0.2) is 11.3 Å². The molecule has 0 aliphatic heterocycles. The molecule has 2 rings (SSSR count). The summed E-state index contributed by atoms with van der Waals surface area (Å²) in [4.78, 5) is 23.1. The molecule has 5 nitrogen and oxygen atoms in total. The van der Waals surface area contributed by atoms with Crippen LogP contribution in [0.4, 0.5) is 10.1 Å². The van der Waals surface area contributed by atoms with Crippen molar-refractivity contribution in [3.05, 3.63) is 51.1 Å². The van der Waals surface area contributed by atoms with Gasteiger partial charge in [-0.05, 0) is 46.3 Å². The normalized spacial score (nSPS) is 10.2. The Bertz CT molecular complexity index is 687. The topological polar surface area (TPSA) is 68.5 Å². The number of amides is 1. The van der Waals surface area contributed by atoms with Crippen molar-refractivity contribution < 1.29 is 23.1 Å². The first kappa shape index (κ1) is 15.7. The van der Waals surface area contributed by atoms with Crippen LogP contribution < -0.4 is 5.32 Å². The maximum Gasteiger partial charge on any atom is 0.374 e. The zero-order valence-electron chi connectivity index (χ0n) is 10.4. The molecular formula is C13H8Br2FNO4. The number of rotatable bonds is 4. The second kappa shape index (κ2) is 6.86. The van der Waals surface area contributed by atoms with Gasteiger partial charge in [-0.2, -0.15) is 0 Å². The molecule has 110 valence electrons. The maximum atomic E-state index is 13.5. The van der Waals surface area contributed by atoms with Gasteiger partial charge in [-0.15, -0.1) is 0 Å². The van der Waals surface area contributed by atoms with Crippen molar-refractivity contribution in [2.75, 3.05) is 11.9 Å². The SMILES string of the molecule is O=C(COC(=O)c1ccc(Br)o1)Nc1ccc(Br)cc1F. The number of furan rings is 1. The average molecular weight is 421 g/mol. The molecule has 0 radical (unpaired) electrons. The number of ether oxygens (including phenoxy) is 1. The van der Waals surface area contributed by atoms with Gasteiger partial charge in [-0.1, -0.05) is 15.9 Å². The van der Waals surface area contributed by atoms with Gasteiger partial charge in [0, 0.05) is 4.47 Å². The van der Waals surface area contributed by atoms with Gasteiger partial charge in [-0.25, -0.2) is 9.18 Å². The van der Waals surface area contributed by atoms with Crippen LogP contribution in [-0.2, 0) is 9.53 Å². The van der Waals surface area contributed by atoms with Crippen LogP contribution in [0.15, 0.2) is 43.9 Å². The largest absolute Gasteiger partial charge is 0.450 e. The zero-order valence-corrected chi connectivity index (χ0v) is 13.5.